The van der Waals surface area contributed by atoms with E-state index in [0.717, 1.165) is 10.5 Å². The zero-order valence-corrected chi connectivity index (χ0v) is 27.1. The van der Waals surface area contributed by atoms with Gasteiger partial charge in [0.25, 0.3) is 11.8 Å². The van der Waals surface area contributed by atoms with Crippen molar-refractivity contribution in [2.45, 2.75) is 94.9 Å². The molecule has 1 aromatic carbocycles. The molecular formula is C31H33F5N8O7. The Morgan fingerprint density at radius 3 is 2.41 bits per heavy atom. The van der Waals surface area contributed by atoms with Crippen molar-refractivity contribution < 1.29 is 55.6 Å². The molecule has 51 heavy (non-hydrogen) atoms. The molecule has 4 amide bonds. The van der Waals surface area contributed by atoms with E-state index in [1.54, 1.807) is 22.9 Å². The number of aromatic nitrogens is 5. The van der Waals surface area contributed by atoms with E-state index in [1.165, 1.54) is 0 Å². The number of carboxylic acids is 1. The van der Waals surface area contributed by atoms with Gasteiger partial charge in [0.2, 0.25) is 17.7 Å². The predicted molar refractivity (Wildman–Crippen MR) is 161 cm³/mol. The number of aryl methyl sites for hydroxylation is 2. The van der Waals surface area contributed by atoms with Crippen LogP contribution >= 0.6 is 0 Å². The zero-order valence-electron chi connectivity index (χ0n) is 27.1. The van der Waals surface area contributed by atoms with Crippen molar-refractivity contribution in [1.82, 2.24) is 40.9 Å². The molecule has 15 nitrogen and oxygen atoms in total. The van der Waals surface area contributed by atoms with E-state index in [9.17, 15) is 41.1 Å². The third-order valence-electron chi connectivity index (χ3n) is 8.77. The maximum absolute atomic E-state index is 13.8. The Morgan fingerprint density at radius 1 is 1.10 bits per heavy atom. The van der Waals surface area contributed by atoms with Crippen molar-refractivity contribution in [3.8, 4) is 0 Å². The first-order chi connectivity index (χ1) is 24.1. The van der Waals surface area contributed by atoms with E-state index in [-0.39, 0.29) is 55.7 Å². The van der Waals surface area contributed by atoms with Gasteiger partial charge in [0.15, 0.2) is 5.82 Å². The number of fused-ring (bicyclic) bond motifs is 1. The second-order valence-electron chi connectivity index (χ2n) is 12.3. The van der Waals surface area contributed by atoms with E-state index in [0.29, 0.717) is 43.1 Å². The summed E-state index contributed by atoms with van der Waals surface area (Å²) in [4.78, 5) is 59.9. The molecule has 2 unspecified atom stereocenters. The van der Waals surface area contributed by atoms with Gasteiger partial charge >= 0.3 is 12.1 Å². The van der Waals surface area contributed by atoms with E-state index in [4.69, 9.17) is 14.4 Å². The number of nitrogens with zero attached hydrogens (tertiary/aromatic N) is 6. The minimum Gasteiger partial charge on any atom is -0.475 e. The second kappa shape index (κ2) is 15.0. The van der Waals surface area contributed by atoms with Crippen LogP contribution in [0.25, 0.3) is 0 Å². The molecule has 3 aliphatic rings. The van der Waals surface area contributed by atoms with Crippen LogP contribution in [0.2, 0.25) is 0 Å². The van der Waals surface area contributed by atoms with Crippen molar-refractivity contribution >= 4 is 29.6 Å². The van der Waals surface area contributed by atoms with Crippen LogP contribution in [0.4, 0.5) is 22.0 Å². The van der Waals surface area contributed by atoms with Gasteiger partial charge in [-0.05, 0) is 66.8 Å². The molecule has 20 heteroatoms. The molecule has 3 N–H and O–H groups in total. The standard InChI is InChI=1S/C29H32F2N8O5.C2HF3O2/c1-2-18-15-21(35-44-18)24(25-34-36-37-39(25)17-9-11-29(30,31)12-10-17)32-13-3-4-16-5-6-19-20(14-16)28(43)38(27(19)42)22-7-8-23(40)33-26(22)41;3-2(4,5)1(6)7/h5-6,14-15,17,22,24,32H,2-4,7-13H2,1H3,(H,33,40,41);(H,6,7). The lowest BCUT2D eigenvalue weighted by Gasteiger charge is -2.29. The average molecular weight is 725 g/mol. The van der Waals surface area contributed by atoms with E-state index in [2.05, 4.69) is 31.3 Å². The fourth-order valence-corrected chi connectivity index (χ4v) is 6.09. The van der Waals surface area contributed by atoms with Crippen molar-refractivity contribution in [3.05, 3.63) is 58.2 Å². The van der Waals surface area contributed by atoms with Crippen LogP contribution in [0.3, 0.4) is 0 Å². The first-order valence-electron chi connectivity index (χ1n) is 16.1. The van der Waals surface area contributed by atoms with Gasteiger partial charge in [0, 0.05) is 31.7 Å². The Balaban J connectivity index is 0.000000654. The smallest absolute Gasteiger partial charge is 0.475 e. The molecular weight excluding hydrogens is 691 g/mol. The normalized spacial score (nSPS) is 19.7. The topological polar surface area (TPSA) is 203 Å². The third-order valence-corrected chi connectivity index (χ3v) is 8.77. The summed E-state index contributed by atoms with van der Waals surface area (Å²) < 4.78 is 66.4. The third kappa shape index (κ3) is 8.43. The fourth-order valence-electron chi connectivity index (χ4n) is 6.09. The minimum absolute atomic E-state index is 0.0557. The van der Waals surface area contributed by atoms with Gasteiger partial charge in [-0.15, -0.1) is 5.10 Å². The van der Waals surface area contributed by atoms with Gasteiger partial charge in [-0.3, -0.25) is 29.4 Å². The van der Waals surface area contributed by atoms with Gasteiger partial charge < -0.3 is 14.9 Å². The van der Waals surface area contributed by atoms with Crippen LogP contribution in [0.1, 0.15) is 108 Å². The molecule has 1 saturated heterocycles. The second-order valence-corrected chi connectivity index (χ2v) is 12.3. The number of aliphatic carboxylic acids is 1. The highest BCUT2D eigenvalue weighted by Crippen LogP contribution is 2.39. The molecule has 0 spiro atoms. The van der Waals surface area contributed by atoms with E-state index < -0.39 is 53.8 Å². The molecule has 3 aromatic rings. The Bertz CT molecular complexity index is 1800. The number of alkyl halides is 5. The number of piperidine rings is 1. The van der Waals surface area contributed by atoms with Gasteiger partial charge in [-0.2, -0.15) is 13.2 Å². The summed E-state index contributed by atoms with van der Waals surface area (Å²) in [5, 5.41) is 29.2. The molecule has 4 heterocycles. The number of benzene rings is 1. The number of nitrogens with one attached hydrogen (secondary N) is 2. The lowest BCUT2D eigenvalue weighted by atomic mass is 9.92. The summed E-state index contributed by atoms with van der Waals surface area (Å²) >= 11 is 0. The summed E-state index contributed by atoms with van der Waals surface area (Å²) in [7, 11) is 0. The Kier molecular flexibility index (Phi) is 10.9. The largest absolute Gasteiger partial charge is 0.490 e. The highest BCUT2D eigenvalue weighted by Gasteiger charge is 2.45. The molecule has 2 aromatic heterocycles. The van der Waals surface area contributed by atoms with Crippen molar-refractivity contribution in [2.24, 2.45) is 0 Å². The Hall–Kier alpha value is -5.14. The van der Waals surface area contributed by atoms with Crippen LogP contribution in [0.15, 0.2) is 28.8 Å². The zero-order chi connectivity index (χ0) is 37.1. The monoisotopic (exact) mass is 724 g/mol. The number of carbonyl (C=O) groups excluding carboxylic acids is 4. The van der Waals surface area contributed by atoms with E-state index in [1.807, 2.05) is 13.0 Å². The quantitative estimate of drug-likeness (QED) is 0.157. The lowest BCUT2D eigenvalue weighted by Crippen LogP contribution is -2.54. The first kappa shape index (κ1) is 37.1. The Morgan fingerprint density at radius 2 is 1.78 bits per heavy atom. The Labute approximate surface area is 285 Å². The number of tetrazole rings is 1. The number of hydrogen-bond acceptors (Lipinski definition) is 11. The van der Waals surface area contributed by atoms with Gasteiger partial charge in [-0.1, -0.05) is 18.1 Å². The number of rotatable bonds is 10. The summed E-state index contributed by atoms with van der Waals surface area (Å²) in [5.74, 6) is -6.46. The minimum atomic E-state index is -5.08. The maximum atomic E-state index is 13.8. The van der Waals surface area contributed by atoms with Crippen molar-refractivity contribution in [1.29, 1.82) is 0 Å². The predicted octanol–water partition coefficient (Wildman–Crippen LogP) is 3.32. The number of hydrogen-bond donors (Lipinski definition) is 3. The van der Waals surface area contributed by atoms with Gasteiger partial charge in [0.1, 0.15) is 23.5 Å². The van der Waals surface area contributed by atoms with Crippen LogP contribution in [0.5, 0.6) is 0 Å². The molecule has 0 bridgehead atoms. The van der Waals surface area contributed by atoms with Crippen LogP contribution < -0.4 is 10.6 Å². The summed E-state index contributed by atoms with van der Waals surface area (Å²) in [6, 6.07) is 5.05. The number of carbonyl (C=O) groups is 5. The SMILES string of the molecule is CCc1cc(C(NCCCc2ccc3c(c2)C(=O)N(C2CCC(=O)NC2=O)C3=O)c2nnnn2C2CCC(F)(F)CC2)no1.O=C(O)C(F)(F)F. The molecule has 6 rings (SSSR count). The molecule has 0 radical (unpaired) electrons. The summed E-state index contributed by atoms with van der Waals surface area (Å²) in [5.41, 5.74) is 1.87. The summed E-state index contributed by atoms with van der Waals surface area (Å²) in [6.45, 7) is 2.43. The molecule has 274 valence electrons. The van der Waals surface area contributed by atoms with Gasteiger partial charge in [0.05, 0.1) is 17.2 Å². The number of carboxylic acid groups (broad SMARTS) is 1. The highest BCUT2D eigenvalue weighted by atomic mass is 19.4. The van der Waals surface area contributed by atoms with Crippen LogP contribution in [-0.4, -0.2) is 89.7 Å². The highest BCUT2D eigenvalue weighted by molar-refractivity contribution is 6.23. The lowest BCUT2D eigenvalue weighted by molar-refractivity contribution is -0.192. The van der Waals surface area contributed by atoms with Crippen molar-refractivity contribution in [3.63, 3.8) is 0 Å². The molecule has 2 aliphatic heterocycles. The number of imide groups is 2. The molecule has 1 aliphatic carbocycles. The van der Waals surface area contributed by atoms with Gasteiger partial charge in [-0.25, -0.2) is 18.3 Å². The first-order valence-corrected chi connectivity index (χ1v) is 16.1. The van der Waals surface area contributed by atoms with Crippen molar-refractivity contribution in [2.75, 3.05) is 6.54 Å². The maximum Gasteiger partial charge on any atom is 0.490 e. The molecule has 2 fully saturated rings. The fraction of sp³-hybridized carbons (Fsp3) is 0.516. The number of halogens is 5. The van der Waals surface area contributed by atoms with Crippen LogP contribution in [0, 0.1) is 0 Å². The number of amides is 4. The molecule has 2 atom stereocenters. The van der Waals surface area contributed by atoms with E-state index >= 15 is 0 Å². The average Bonchev–Trinajstić information content (AvgIpc) is 3.81. The molecule has 1 saturated carbocycles. The van der Waals surface area contributed by atoms with Crippen LogP contribution in [-0.2, 0) is 27.2 Å². The summed E-state index contributed by atoms with van der Waals surface area (Å²) in [6.07, 6.45) is -3.02.